The van der Waals surface area contributed by atoms with Crippen molar-refractivity contribution in [3.63, 3.8) is 0 Å². The highest BCUT2D eigenvalue weighted by atomic mass is 32.2. The minimum atomic E-state index is -0.128. The number of para-hydroxylation sites is 1. The van der Waals surface area contributed by atoms with Gasteiger partial charge >= 0.3 is 0 Å². The Kier molecular flexibility index (Phi) is 13.2. The predicted octanol–water partition coefficient (Wildman–Crippen LogP) is 8.50. The molecule has 0 spiro atoms. The Morgan fingerprint density at radius 2 is 1.70 bits per heavy atom. The second-order valence-corrected chi connectivity index (χ2v) is 9.72. The first-order valence-electron chi connectivity index (χ1n) is 12.9. The Balaban J connectivity index is 0.00000112. The summed E-state index contributed by atoms with van der Waals surface area (Å²) in [5, 5.41) is 3.01. The van der Waals surface area contributed by atoms with E-state index in [2.05, 4.69) is 54.0 Å². The van der Waals surface area contributed by atoms with E-state index < -0.39 is 0 Å². The minimum absolute atomic E-state index is 0.128. The van der Waals surface area contributed by atoms with E-state index in [1.165, 1.54) is 12.8 Å². The van der Waals surface area contributed by atoms with Gasteiger partial charge in [-0.2, -0.15) is 0 Å². The highest BCUT2D eigenvalue weighted by Gasteiger charge is 2.10. The van der Waals surface area contributed by atoms with Crippen molar-refractivity contribution in [2.45, 2.75) is 54.0 Å². The summed E-state index contributed by atoms with van der Waals surface area (Å²) in [5.74, 6) is 0.880. The number of aliphatic imine (C=N–C) groups is 2. The summed E-state index contributed by atoms with van der Waals surface area (Å²) >= 11 is 1.77. The molecule has 0 saturated carbocycles. The number of carbonyl (C=O) groups is 1. The van der Waals surface area contributed by atoms with Crippen LogP contribution >= 0.6 is 11.9 Å². The van der Waals surface area contributed by atoms with Gasteiger partial charge in [0.25, 0.3) is 5.91 Å². The lowest BCUT2D eigenvalue weighted by Gasteiger charge is -2.20. The second kappa shape index (κ2) is 16.4. The number of hydrogen-bond donors (Lipinski definition) is 1. The molecule has 0 fully saturated rings. The Labute approximate surface area is 227 Å². The van der Waals surface area contributed by atoms with Crippen LogP contribution in [-0.2, 0) is 6.54 Å². The number of hydrogen-bond acceptors (Lipinski definition) is 5. The molecule has 1 amide bonds. The number of rotatable bonds is 11. The average Bonchev–Trinajstić information content (AvgIpc) is 2.93. The quantitative estimate of drug-likeness (QED) is 0.205. The highest BCUT2D eigenvalue weighted by Crippen LogP contribution is 2.23. The average molecular weight is 517 g/mol. The molecule has 3 aromatic rings. The van der Waals surface area contributed by atoms with Crippen molar-refractivity contribution in [2.75, 3.05) is 21.9 Å². The molecule has 0 bridgehead atoms. The largest absolute Gasteiger partial charge is 0.322 e. The van der Waals surface area contributed by atoms with Gasteiger partial charge in [-0.25, -0.2) is 0 Å². The molecule has 0 heterocycles. The van der Waals surface area contributed by atoms with Gasteiger partial charge in [-0.15, -0.1) is 0 Å². The Hall–Kier alpha value is -3.38. The van der Waals surface area contributed by atoms with Crippen molar-refractivity contribution in [1.82, 2.24) is 0 Å². The number of unbranched alkanes of at least 4 members (excludes halogenated alkanes) is 1. The van der Waals surface area contributed by atoms with Gasteiger partial charge in [0.1, 0.15) is 0 Å². The van der Waals surface area contributed by atoms with E-state index in [9.17, 15) is 4.79 Å². The first-order valence-corrected chi connectivity index (χ1v) is 13.9. The molecule has 196 valence electrons. The second-order valence-electron chi connectivity index (χ2n) is 8.44. The van der Waals surface area contributed by atoms with Crippen LogP contribution in [0, 0.1) is 6.92 Å². The Bertz CT molecular complexity index is 1160. The highest BCUT2D eigenvalue weighted by molar-refractivity contribution is 8.00. The predicted molar refractivity (Wildman–Crippen MR) is 164 cm³/mol. The number of nitrogens with zero attached hydrogens (tertiary/aromatic N) is 3. The zero-order valence-electron chi connectivity index (χ0n) is 22.8. The maximum Gasteiger partial charge on any atom is 0.255 e. The van der Waals surface area contributed by atoms with E-state index in [1.54, 1.807) is 11.9 Å². The molecule has 6 heteroatoms. The Morgan fingerprint density at radius 1 is 1.00 bits per heavy atom. The number of anilines is 2. The minimum Gasteiger partial charge on any atom is -0.322 e. The van der Waals surface area contributed by atoms with Crippen LogP contribution in [0.15, 0.2) is 76.7 Å². The molecule has 0 aliphatic carbocycles. The van der Waals surface area contributed by atoms with Gasteiger partial charge < -0.3 is 9.62 Å². The van der Waals surface area contributed by atoms with Crippen molar-refractivity contribution >= 4 is 47.8 Å². The van der Waals surface area contributed by atoms with Crippen LogP contribution in [0.25, 0.3) is 0 Å². The van der Waals surface area contributed by atoms with Crippen molar-refractivity contribution in [1.29, 1.82) is 0 Å². The van der Waals surface area contributed by atoms with E-state index in [1.807, 2.05) is 79.9 Å². The molecule has 0 radical (unpaired) electrons. The summed E-state index contributed by atoms with van der Waals surface area (Å²) in [6.07, 6.45) is 4.45. The van der Waals surface area contributed by atoms with E-state index in [-0.39, 0.29) is 5.91 Å². The lowest BCUT2D eigenvalue weighted by Crippen LogP contribution is -2.15. The molecule has 0 aliphatic rings. The first kappa shape index (κ1) is 29.8. The first-order chi connectivity index (χ1) is 18.0. The van der Waals surface area contributed by atoms with Crippen LogP contribution < -0.4 is 9.62 Å². The maximum atomic E-state index is 12.8. The van der Waals surface area contributed by atoms with Crippen LogP contribution in [0.2, 0.25) is 0 Å². The van der Waals surface area contributed by atoms with E-state index in [0.717, 1.165) is 46.1 Å². The van der Waals surface area contributed by atoms with Crippen molar-refractivity contribution in [3.8, 4) is 0 Å². The van der Waals surface area contributed by atoms with Gasteiger partial charge in [0.2, 0.25) is 0 Å². The zero-order valence-corrected chi connectivity index (χ0v) is 23.6. The molecular weight excluding hydrogens is 476 g/mol. The maximum absolute atomic E-state index is 12.8. The van der Waals surface area contributed by atoms with Crippen LogP contribution in [0.3, 0.4) is 0 Å². The summed E-state index contributed by atoms with van der Waals surface area (Å²) < 4.78 is 2.22. The molecule has 0 atom stereocenters. The summed E-state index contributed by atoms with van der Waals surface area (Å²) in [6, 6.07) is 21.4. The number of nitrogens with one attached hydrogen (secondary N) is 1. The van der Waals surface area contributed by atoms with Crippen LogP contribution in [-0.4, -0.2) is 31.1 Å². The third-order valence-electron chi connectivity index (χ3n) is 5.70. The molecule has 0 aliphatic heterocycles. The standard InChI is InChI=1S/C27H30N4OS.C4H10/c1-5-31(33-6-2)25-15-12-21(13-16-25)27(32)30-24-14-11-20(3)23(17-24)19-29-18-22-9-7-8-10-26(22)28-4;1-3-4-2/h7-18H,4-6,19H2,1-3H3,(H,30,32);3-4H2,1-2H3. The van der Waals surface area contributed by atoms with Crippen molar-refractivity contribution in [3.05, 3.63) is 89.0 Å². The van der Waals surface area contributed by atoms with Gasteiger partial charge in [0.05, 0.1) is 12.2 Å². The smallest absolute Gasteiger partial charge is 0.255 e. The normalized spacial score (nSPS) is 10.5. The summed E-state index contributed by atoms with van der Waals surface area (Å²) in [4.78, 5) is 21.4. The van der Waals surface area contributed by atoms with E-state index in [0.29, 0.717) is 12.1 Å². The molecule has 3 aromatic carbocycles. The third-order valence-corrected chi connectivity index (χ3v) is 6.73. The van der Waals surface area contributed by atoms with Gasteiger partial charge in [0.15, 0.2) is 0 Å². The van der Waals surface area contributed by atoms with E-state index >= 15 is 0 Å². The SMILES string of the molecule is C=Nc1ccccc1C=NCc1cc(NC(=O)c2ccc(N(CC)SCC)cc2)ccc1C.CCCC. The molecule has 0 saturated heterocycles. The molecule has 1 N–H and O–H groups in total. The number of amides is 1. The van der Waals surface area contributed by atoms with Gasteiger partial charge in [0, 0.05) is 41.0 Å². The third kappa shape index (κ3) is 9.54. The van der Waals surface area contributed by atoms with Crippen molar-refractivity contribution in [2.24, 2.45) is 9.98 Å². The summed E-state index contributed by atoms with van der Waals surface area (Å²) in [6.45, 7) is 15.7. The summed E-state index contributed by atoms with van der Waals surface area (Å²) in [5.41, 5.74) is 6.40. The lowest BCUT2D eigenvalue weighted by atomic mass is 10.1. The topological polar surface area (TPSA) is 57.1 Å². The summed E-state index contributed by atoms with van der Waals surface area (Å²) in [7, 11) is 0. The number of carbonyl (C=O) groups excluding carboxylic acids is 1. The Morgan fingerprint density at radius 3 is 2.32 bits per heavy atom. The lowest BCUT2D eigenvalue weighted by molar-refractivity contribution is 0.102. The fourth-order valence-electron chi connectivity index (χ4n) is 3.39. The molecule has 0 aromatic heterocycles. The molecule has 5 nitrogen and oxygen atoms in total. The molecular formula is C31H40N4OS. The number of aryl methyl sites for hydroxylation is 1. The van der Waals surface area contributed by atoms with Gasteiger partial charge in [-0.3, -0.25) is 14.8 Å². The molecule has 3 rings (SSSR count). The van der Waals surface area contributed by atoms with Crippen molar-refractivity contribution < 1.29 is 4.79 Å². The zero-order chi connectivity index (χ0) is 27.0. The van der Waals surface area contributed by atoms with Crippen LogP contribution in [0.4, 0.5) is 17.1 Å². The number of benzene rings is 3. The molecule has 0 unspecified atom stereocenters. The van der Waals surface area contributed by atoms with Crippen LogP contribution in [0.1, 0.15) is 67.6 Å². The van der Waals surface area contributed by atoms with E-state index in [4.69, 9.17) is 0 Å². The fourth-order valence-corrected chi connectivity index (χ4v) is 4.15. The fraction of sp³-hybridized carbons (Fsp3) is 0.323. The van der Waals surface area contributed by atoms with Gasteiger partial charge in [-0.05, 0) is 74.2 Å². The van der Waals surface area contributed by atoms with Gasteiger partial charge in [-0.1, -0.05) is 69.8 Å². The monoisotopic (exact) mass is 516 g/mol. The van der Waals surface area contributed by atoms with Crippen LogP contribution in [0.5, 0.6) is 0 Å². The molecule has 37 heavy (non-hydrogen) atoms.